The molecule has 0 fully saturated rings. The second-order valence-electron chi connectivity index (χ2n) is 5.08. The summed E-state index contributed by atoms with van der Waals surface area (Å²) in [5.41, 5.74) is 1.96. The first-order valence-electron chi connectivity index (χ1n) is 7.17. The molecule has 1 atom stereocenters. The van der Waals surface area contributed by atoms with E-state index in [4.69, 9.17) is 4.42 Å². The van der Waals surface area contributed by atoms with E-state index in [1.165, 1.54) is 11.3 Å². The van der Waals surface area contributed by atoms with Crippen LogP contribution in [0.15, 0.2) is 58.7 Å². The number of carbonyl (C=O) groups is 2. The number of carbonyl (C=O) groups excluding carboxylic acids is 1. The van der Waals surface area contributed by atoms with Gasteiger partial charge in [0.05, 0.1) is 18.4 Å². The van der Waals surface area contributed by atoms with Crippen molar-refractivity contribution in [3.63, 3.8) is 0 Å². The number of aromatic nitrogens is 1. The Labute approximate surface area is 141 Å². The van der Waals surface area contributed by atoms with Crippen molar-refractivity contribution in [3.8, 4) is 10.6 Å². The van der Waals surface area contributed by atoms with Gasteiger partial charge in [-0.05, 0) is 11.6 Å². The summed E-state index contributed by atoms with van der Waals surface area (Å²) in [5, 5.41) is 14.4. The van der Waals surface area contributed by atoms with Gasteiger partial charge in [-0.25, -0.2) is 9.78 Å². The maximum atomic E-state index is 12.2. The molecular weight excluding hydrogens is 328 g/mol. The summed E-state index contributed by atoms with van der Waals surface area (Å²) in [7, 11) is 0. The van der Waals surface area contributed by atoms with Crippen LogP contribution in [0.4, 0.5) is 0 Å². The van der Waals surface area contributed by atoms with Crippen molar-refractivity contribution >= 4 is 23.2 Å². The van der Waals surface area contributed by atoms with Crippen LogP contribution in [0.2, 0.25) is 0 Å². The molecule has 1 aromatic carbocycles. The lowest BCUT2D eigenvalue weighted by Crippen LogP contribution is -2.34. The monoisotopic (exact) mass is 342 g/mol. The lowest BCUT2D eigenvalue weighted by atomic mass is 10.1. The average Bonchev–Trinajstić information content (AvgIpc) is 3.24. The van der Waals surface area contributed by atoms with Gasteiger partial charge in [-0.15, -0.1) is 11.3 Å². The molecule has 2 heterocycles. The zero-order valence-electron chi connectivity index (χ0n) is 12.5. The summed E-state index contributed by atoms with van der Waals surface area (Å²) in [5.74, 6) is -1.50. The van der Waals surface area contributed by atoms with Crippen LogP contribution in [-0.2, 0) is 16.0 Å². The molecule has 0 aliphatic rings. The maximum absolute atomic E-state index is 12.2. The van der Waals surface area contributed by atoms with Crippen molar-refractivity contribution in [2.75, 3.05) is 0 Å². The Morgan fingerprint density at radius 3 is 2.71 bits per heavy atom. The number of benzene rings is 1. The molecule has 1 amide bonds. The lowest BCUT2D eigenvalue weighted by molar-refractivity contribution is -0.142. The maximum Gasteiger partial charge on any atom is 0.330 e. The van der Waals surface area contributed by atoms with Crippen LogP contribution in [0.25, 0.3) is 10.6 Å². The number of nitrogens with zero attached hydrogens (tertiary/aromatic N) is 1. The fourth-order valence-corrected chi connectivity index (χ4v) is 3.02. The summed E-state index contributed by atoms with van der Waals surface area (Å²) >= 11 is 1.40. The number of carboxylic acid groups (broad SMARTS) is 1. The Balaban J connectivity index is 1.67. The first-order valence-corrected chi connectivity index (χ1v) is 8.05. The standard InChI is InChI=1S/C17H14N2O4S/c20-14(19-15(17(21)22)11-4-2-1-3-5-11)8-13-10-24-16(18-13)12-6-7-23-9-12/h1-7,9-10,15H,8H2,(H,19,20)(H,21,22)/t15-/m0/s1. The van der Waals surface area contributed by atoms with Crippen molar-refractivity contribution < 1.29 is 19.1 Å². The fraction of sp³-hybridized carbons (Fsp3) is 0.118. The van der Waals surface area contributed by atoms with Gasteiger partial charge in [0.15, 0.2) is 6.04 Å². The summed E-state index contributed by atoms with van der Waals surface area (Å²) in [6.45, 7) is 0. The van der Waals surface area contributed by atoms with Crippen LogP contribution in [0.1, 0.15) is 17.3 Å². The number of carboxylic acids is 1. The topological polar surface area (TPSA) is 92.4 Å². The van der Waals surface area contributed by atoms with Gasteiger partial charge in [0.1, 0.15) is 11.3 Å². The van der Waals surface area contributed by atoms with Gasteiger partial charge in [0.2, 0.25) is 5.91 Å². The molecule has 0 aliphatic heterocycles. The van der Waals surface area contributed by atoms with E-state index < -0.39 is 17.9 Å². The van der Waals surface area contributed by atoms with Crippen LogP contribution in [0, 0.1) is 0 Å². The number of nitrogens with one attached hydrogen (secondary N) is 1. The normalized spacial score (nSPS) is 11.8. The molecule has 2 aromatic heterocycles. The summed E-state index contributed by atoms with van der Waals surface area (Å²) in [6, 6.07) is 9.29. The van der Waals surface area contributed by atoms with Crippen molar-refractivity contribution in [3.05, 3.63) is 65.6 Å². The number of hydrogen-bond acceptors (Lipinski definition) is 5. The summed E-state index contributed by atoms with van der Waals surface area (Å²) in [4.78, 5) is 27.9. The van der Waals surface area contributed by atoms with Crippen molar-refractivity contribution in [1.82, 2.24) is 10.3 Å². The van der Waals surface area contributed by atoms with Crippen LogP contribution in [-0.4, -0.2) is 22.0 Å². The van der Waals surface area contributed by atoms with Gasteiger partial charge >= 0.3 is 5.97 Å². The second kappa shape index (κ2) is 7.10. The SMILES string of the molecule is O=C(Cc1csc(-c2ccoc2)n1)N[C@H](C(=O)O)c1ccccc1. The van der Waals surface area contributed by atoms with Crippen LogP contribution < -0.4 is 5.32 Å². The van der Waals surface area contributed by atoms with Crippen LogP contribution in [0.5, 0.6) is 0 Å². The smallest absolute Gasteiger partial charge is 0.330 e. The van der Waals surface area contributed by atoms with E-state index in [2.05, 4.69) is 10.3 Å². The highest BCUT2D eigenvalue weighted by Gasteiger charge is 2.22. The Bertz CT molecular complexity index is 827. The second-order valence-corrected chi connectivity index (χ2v) is 5.94. The number of furan rings is 1. The highest BCUT2D eigenvalue weighted by molar-refractivity contribution is 7.13. The number of thiazole rings is 1. The van der Waals surface area contributed by atoms with E-state index in [1.54, 1.807) is 54.3 Å². The van der Waals surface area contributed by atoms with Crippen molar-refractivity contribution in [1.29, 1.82) is 0 Å². The number of amides is 1. The molecule has 2 N–H and O–H groups in total. The van der Waals surface area contributed by atoms with Gasteiger partial charge in [-0.3, -0.25) is 4.79 Å². The quantitative estimate of drug-likeness (QED) is 0.718. The third-order valence-corrected chi connectivity index (χ3v) is 4.29. The van der Waals surface area contributed by atoms with Gasteiger partial charge in [0.25, 0.3) is 0 Å². The lowest BCUT2D eigenvalue weighted by Gasteiger charge is -2.14. The minimum Gasteiger partial charge on any atom is -0.479 e. The molecule has 3 rings (SSSR count). The van der Waals surface area contributed by atoms with E-state index in [-0.39, 0.29) is 6.42 Å². The Hall–Kier alpha value is -2.93. The number of hydrogen-bond donors (Lipinski definition) is 2. The van der Waals surface area contributed by atoms with Crippen LogP contribution in [0.3, 0.4) is 0 Å². The summed E-state index contributed by atoms with van der Waals surface area (Å²) in [6.07, 6.45) is 3.16. The predicted molar refractivity (Wildman–Crippen MR) is 88.5 cm³/mol. The van der Waals surface area contributed by atoms with Crippen LogP contribution >= 0.6 is 11.3 Å². The Morgan fingerprint density at radius 2 is 2.04 bits per heavy atom. The number of rotatable bonds is 6. The van der Waals surface area contributed by atoms with E-state index in [1.807, 2.05) is 0 Å². The number of aliphatic carboxylic acids is 1. The van der Waals surface area contributed by atoms with E-state index >= 15 is 0 Å². The molecular formula is C17H14N2O4S. The first kappa shape index (κ1) is 15.9. The molecule has 122 valence electrons. The van der Waals surface area contributed by atoms with E-state index in [9.17, 15) is 14.7 Å². The molecule has 0 saturated carbocycles. The minimum absolute atomic E-state index is 0.0188. The largest absolute Gasteiger partial charge is 0.479 e. The molecule has 7 heteroatoms. The Kier molecular flexibility index (Phi) is 4.72. The third kappa shape index (κ3) is 3.69. The zero-order chi connectivity index (χ0) is 16.9. The van der Waals surface area contributed by atoms with Gasteiger partial charge in [-0.1, -0.05) is 30.3 Å². The molecule has 0 bridgehead atoms. The van der Waals surface area contributed by atoms with Crippen molar-refractivity contribution in [2.45, 2.75) is 12.5 Å². The van der Waals surface area contributed by atoms with E-state index in [0.717, 1.165) is 10.6 Å². The highest BCUT2D eigenvalue weighted by Crippen LogP contribution is 2.24. The fourth-order valence-electron chi connectivity index (χ4n) is 2.22. The summed E-state index contributed by atoms with van der Waals surface area (Å²) < 4.78 is 5.01. The predicted octanol–water partition coefficient (Wildman–Crippen LogP) is 2.89. The van der Waals surface area contributed by atoms with Gasteiger partial charge in [-0.2, -0.15) is 0 Å². The van der Waals surface area contributed by atoms with Gasteiger partial charge < -0.3 is 14.8 Å². The molecule has 0 aliphatic carbocycles. The van der Waals surface area contributed by atoms with E-state index in [0.29, 0.717) is 11.3 Å². The Morgan fingerprint density at radius 1 is 1.25 bits per heavy atom. The van der Waals surface area contributed by atoms with Crippen molar-refractivity contribution in [2.24, 2.45) is 0 Å². The van der Waals surface area contributed by atoms with Gasteiger partial charge in [0, 0.05) is 10.9 Å². The molecule has 3 aromatic rings. The molecule has 6 nitrogen and oxygen atoms in total. The highest BCUT2D eigenvalue weighted by atomic mass is 32.1. The third-order valence-electron chi connectivity index (χ3n) is 3.35. The minimum atomic E-state index is -1.10. The molecule has 0 saturated heterocycles. The average molecular weight is 342 g/mol. The molecule has 0 unspecified atom stereocenters. The zero-order valence-corrected chi connectivity index (χ0v) is 13.3. The first-order chi connectivity index (χ1) is 11.6. The molecule has 0 radical (unpaired) electrons. The molecule has 24 heavy (non-hydrogen) atoms. The molecule has 0 spiro atoms.